The number of methoxy groups -OCH3 is 3. The van der Waals surface area contributed by atoms with Gasteiger partial charge in [0.05, 0.1) is 32.7 Å². The Kier molecular flexibility index (Phi) is 6.36. The van der Waals surface area contributed by atoms with Crippen LogP contribution in [0.4, 0.5) is 11.4 Å². The Balaban J connectivity index is 1.78. The number of carbonyl (C=O) groups is 1. The summed E-state index contributed by atoms with van der Waals surface area (Å²) in [5.41, 5.74) is 7.74. The van der Waals surface area contributed by atoms with Gasteiger partial charge in [0, 0.05) is 22.7 Å². The van der Waals surface area contributed by atoms with Gasteiger partial charge in [-0.3, -0.25) is 4.79 Å². The number of para-hydroxylation sites is 2. The third kappa shape index (κ3) is 4.67. The van der Waals surface area contributed by atoms with E-state index in [9.17, 15) is 4.79 Å². The van der Waals surface area contributed by atoms with Crippen molar-refractivity contribution < 1.29 is 19.0 Å². The zero-order valence-corrected chi connectivity index (χ0v) is 17.1. The number of rotatable bonds is 7. The molecule has 150 valence electrons. The van der Waals surface area contributed by atoms with Crippen LogP contribution in [0.1, 0.15) is 4.88 Å². The van der Waals surface area contributed by atoms with Crippen LogP contribution < -0.4 is 25.3 Å². The number of nitrogens with two attached hydrogens (primary N) is 1. The van der Waals surface area contributed by atoms with E-state index in [4.69, 9.17) is 19.9 Å². The fraction of sp³-hybridized carbons (Fsp3) is 0.143. The van der Waals surface area contributed by atoms with E-state index < -0.39 is 0 Å². The van der Waals surface area contributed by atoms with Crippen LogP contribution >= 0.6 is 11.3 Å². The first-order chi connectivity index (χ1) is 14.0. The predicted molar refractivity (Wildman–Crippen MR) is 116 cm³/mol. The average molecular weight is 411 g/mol. The molecule has 0 radical (unpaired) electrons. The van der Waals surface area contributed by atoms with Gasteiger partial charge in [0.15, 0.2) is 11.5 Å². The van der Waals surface area contributed by atoms with E-state index in [0.717, 1.165) is 15.4 Å². The average Bonchev–Trinajstić information content (AvgIpc) is 3.22. The molecule has 0 fully saturated rings. The topological polar surface area (TPSA) is 95.7 Å². The van der Waals surface area contributed by atoms with Gasteiger partial charge in [-0.2, -0.15) is 0 Å². The van der Waals surface area contributed by atoms with E-state index in [2.05, 4.69) is 10.3 Å². The molecule has 29 heavy (non-hydrogen) atoms. The number of hydrogen-bond acceptors (Lipinski definition) is 7. The maximum atomic E-state index is 12.1. The molecule has 0 aliphatic heterocycles. The van der Waals surface area contributed by atoms with E-state index in [1.165, 1.54) is 17.4 Å². The molecule has 0 saturated carbocycles. The number of benzene rings is 2. The summed E-state index contributed by atoms with van der Waals surface area (Å²) in [7, 11) is 4.69. The van der Waals surface area contributed by atoms with E-state index in [1.54, 1.807) is 45.7 Å². The molecule has 2 aromatic carbocycles. The minimum Gasteiger partial charge on any atom is -0.493 e. The maximum absolute atomic E-state index is 12.1. The Labute approximate surface area is 172 Å². The Morgan fingerprint density at radius 1 is 1.10 bits per heavy atom. The Bertz CT molecular complexity index is 1020. The molecule has 3 aromatic rings. The molecule has 0 saturated heterocycles. The van der Waals surface area contributed by atoms with Gasteiger partial charge in [-0.1, -0.05) is 12.1 Å². The molecule has 0 aliphatic rings. The number of nitrogens with one attached hydrogen (secondary N) is 1. The van der Waals surface area contributed by atoms with Crippen molar-refractivity contribution in [1.29, 1.82) is 0 Å². The summed E-state index contributed by atoms with van der Waals surface area (Å²) in [6.07, 6.45) is 4.84. The highest BCUT2D eigenvalue weighted by Crippen LogP contribution is 2.42. The molecule has 0 atom stereocenters. The number of amides is 1. The van der Waals surface area contributed by atoms with Gasteiger partial charge in [0.1, 0.15) is 5.01 Å². The molecule has 8 heteroatoms. The largest absolute Gasteiger partial charge is 0.493 e. The summed E-state index contributed by atoms with van der Waals surface area (Å²) < 4.78 is 16.1. The fourth-order valence-electron chi connectivity index (χ4n) is 2.64. The highest BCUT2D eigenvalue weighted by molar-refractivity contribution is 7.15. The van der Waals surface area contributed by atoms with Crippen molar-refractivity contribution in [1.82, 2.24) is 4.98 Å². The Morgan fingerprint density at radius 2 is 1.79 bits per heavy atom. The quantitative estimate of drug-likeness (QED) is 0.449. The zero-order valence-electron chi connectivity index (χ0n) is 16.3. The molecular weight excluding hydrogens is 390 g/mol. The normalized spacial score (nSPS) is 10.7. The molecule has 1 heterocycles. The van der Waals surface area contributed by atoms with E-state index in [-0.39, 0.29) is 5.91 Å². The Morgan fingerprint density at radius 3 is 2.41 bits per heavy atom. The van der Waals surface area contributed by atoms with E-state index in [1.807, 2.05) is 24.3 Å². The second-order valence-corrected chi connectivity index (χ2v) is 6.95. The standard InChI is InChI=1S/C21H21N3O4S/c1-26-17-10-13(11-18(27-2)20(17)28-3)21-23-12-14(29-21)8-9-19(25)24-16-7-5-4-6-15(16)22/h4-12H,22H2,1-3H3,(H,24,25)/b9-8+. The molecule has 0 aliphatic carbocycles. The smallest absolute Gasteiger partial charge is 0.248 e. The van der Waals surface area contributed by atoms with Gasteiger partial charge in [-0.15, -0.1) is 11.3 Å². The third-order valence-corrected chi connectivity index (χ3v) is 5.06. The van der Waals surface area contributed by atoms with Gasteiger partial charge >= 0.3 is 0 Å². The first-order valence-electron chi connectivity index (χ1n) is 8.65. The number of nitrogens with zero attached hydrogens (tertiary/aromatic N) is 1. The number of hydrogen-bond donors (Lipinski definition) is 2. The minimum atomic E-state index is -0.273. The van der Waals surface area contributed by atoms with Crippen molar-refractivity contribution in [2.45, 2.75) is 0 Å². The van der Waals surface area contributed by atoms with Gasteiger partial charge in [-0.25, -0.2) is 4.98 Å². The van der Waals surface area contributed by atoms with E-state index in [0.29, 0.717) is 28.6 Å². The van der Waals surface area contributed by atoms with Crippen molar-refractivity contribution in [2.75, 3.05) is 32.4 Å². The predicted octanol–water partition coefficient (Wildman–Crippen LogP) is 4.07. The van der Waals surface area contributed by atoms with Crippen molar-refractivity contribution in [3.63, 3.8) is 0 Å². The summed E-state index contributed by atoms with van der Waals surface area (Å²) in [6.45, 7) is 0. The van der Waals surface area contributed by atoms with Crippen LogP contribution in [0.25, 0.3) is 16.6 Å². The van der Waals surface area contributed by atoms with Crippen molar-refractivity contribution >= 4 is 34.7 Å². The lowest BCUT2D eigenvalue weighted by Crippen LogP contribution is -2.09. The number of nitrogen functional groups attached to an aromatic ring is 1. The van der Waals surface area contributed by atoms with Crippen LogP contribution in [-0.4, -0.2) is 32.2 Å². The lowest BCUT2D eigenvalue weighted by atomic mass is 10.2. The van der Waals surface area contributed by atoms with Crippen LogP contribution in [0.2, 0.25) is 0 Å². The molecule has 0 spiro atoms. The summed E-state index contributed by atoms with van der Waals surface area (Å²) in [5.74, 6) is 1.35. The molecule has 3 rings (SSSR count). The van der Waals surface area contributed by atoms with Crippen LogP contribution in [-0.2, 0) is 4.79 Å². The van der Waals surface area contributed by atoms with Crippen molar-refractivity contribution in [2.24, 2.45) is 0 Å². The van der Waals surface area contributed by atoms with Crippen LogP contribution in [0, 0.1) is 0 Å². The minimum absolute atomic E-state index is 0.273. The number of thiazole rings is 1. The molecule has 1 amide bonds. The summed E-state index contributed by atoms with van der Waals surface area (Å²) in [6, 6.07) is 10.8. The monoisotopic (exact) mass is 411 g/mol. The van der Waals surface area contributed by atoms with E-state index >= 15 is 0 Å². The van der Waals surface area contributed by atoms with Crippen LogP contribution in [0.15, 0.2) is 48.7 Å². The molecule has 7 nitrogen and oxygen atoms in total. The first-order valence-corrected chi connectivity index (χ1v) is 9.47. The zero-order chi connectivity index (χ0) is 20.8. The fourth-order valence-corrected chi connectivity index (χ4v) is 3.45. The van der Waals surface area contributed by atoms with Gasteiger partial charge in [0.2, 0.25) is 11.7 Å². The number of carbonyl (C=O) groups excluding carboxylic acids is 1. The summed E-state index contributed by atoms with van der Waals surface area (Å²) >= 11 is 1.43. The lowest BCUT2D eigenvalue weighted by molar-refractivity contribution is -0.111. The molecule has 0 bridgehead atoms. The number of aromatic nitrogens is 1. The lowest BCUT2D eigenvalue weighted by Gasteiger charge is -2.13. The first kappa shape index (κ1) is 20.2. The second kappa shape index (κ2) is 9.11. The molecule has 0 unspecified atom stereocenters. The van der Waals surface area contributed by atoms with Crippen LogP contribution in [0.5, 0.6) is 17.2 Å². The van der Waals surface area contributed by atoms with Crippen molar-refractivity contribution in [3.8, 4) is 27.8 Å². The molecule has 1 aromatic heterocycles. The second-order valence-electron chi connectivity index (χ2n) is 5.89. The SMILES string of the molecule is COc1cc(-c2ncc(/C=C/C(=O)Nc3ccccc3N)s2)cc(OC)c1OC. The highest BCUT2D eigenvalue weighted by Gasteiger charge is 2.15. The molecular formula is C21H21N3O4S. The third-order valence-electron chi connectivity index (χ3n) is 4.05. The van der Waals surface area contributed by atoms with Gasteiger partial charge in [-0.05, 0) is 30.3 Å². The maximum Gasteiger partial charge on any atom is 0.248 e. The summed E-state index contributed by atoms with van der Waals surface area (Å²) in [4.78, 5) is 17.4. The Hall–Kier alpha value is -3.52. The highest BCUT2D eigenvalue weighted by atomic mass is 32.1. The van der Waals surface area contributed by atoms with Gasteiger partial charge in [0.25, 0.3) is 0 Å². The number of anilines is 2. The van der Waals surface area contributed by atoms with Crippen molar-refractivity contribution in [3.05, 3.63) is 53.5 Å². The summed E-state index contributed by atoms with van der Waals surface area (Å²) in [5, 5.41) is 3.51. The van der Waals surface area contributed by atoms with Crippen LogP contribution in [0.3, 0.4) is 0 Å². The van der Waals surface area contributed by atoms with Gasteiger partial charge < -0.3 is 25.3 Å². The number of ether oxygens (including phenoxy) is 3. The molecule has 3 N–H and O–H groups in total.